The number of aliphatic hydroxyl groups is 3. The van der Waals surface area contributed by atoms with Crippen LogP contribution in [-0.4, -0.2) is 52.5 Å². The minimum atomic E-state index is -1.35. The number of carbonyl (C=O) groups is 2. The van der Waals surface area contributed by atoms with Gasteiger partial charge >= 0.3 is 0 Å². The third-order valence-electron chi connectivity index (χ3n) is 5.30. The summed E-state index contributed by atoms with van der Waals surface area (Å²) in [7, 11) is 0. The van der Waals surface area contributed by atoms with Gasteiger partial charge < -0.3 is 20.6 Å². The van der Waals surface area contributed by atoms with Crippen molar-refractivity contribution in [2.24, 2.45) is 0 Å². The molecular weight excluding hydrogens is 408 g/mol. The third kappa shape index (κ3) is 3.12. The van der Waals surface area contributed by atoms with Crippen molar-refractivity contribution < 1.29 is 24.9 Å². The van der Waals surface area contributed by atoms with E-state index in [1.807, 2.05) is 0 Å². The van der Waals surface area contributed by atoms with E-state index in [9.17, 15) is 24.9 Å². The quantitative estimate of drug-likeness (QED) is 0.451. The van der Waals surface area contributed by atoms with Crippen molar-refractivity contribution in [2.45, 2.75) is 5.54 Å². The van der Waals surface area contributed by atoms with Crippen molar-refractivity contribution in [3.63, 3.8) is 0 Å². The third-order valence-corrected chi connectivity index (χ3v) is 5.55. The normalized spacial score (nSPS) is 13.8. The summed E-state index contributed by atoms with van der Waals surface area (Å²) >= 11 is 5.93. The number of hydrogen-bond acceptors (Lipinski definition) is 6. The predicted molar refractivity (Wildman–Crippen MR) is 114 cm³/mol. The van der Waals surface area contributed by atoms with Crippen LogP contribution in [0, 0.1) is 0 Å². The first kappa shape index (κ1) is 20.3. The van der Waals surface area contributed by atoms with Crippen LogP contribution in [0.4, 0.5) is 11.4 Å². The highest BCUT2D eigenvalue weighted by Crippen LogP contribution is 2.37. The molecule has 3 aromatic rings. The molecule has 0 spiro atoms. The molecule has 4 N–H and O–H groups in total. The van der Waals surface area contributed by atoms with E-state index in [0.717, 1.165) is 4.90 Å². The lowest BCUT2D eigenvalue weighted by molar-refractivity contribution is 0.0833. The molecule has 0 bridgehead atoms. The highest BCUT2D eigenvalue weighted by Gasteiger charge is 2.35. The van der Waals surface area contributed by atoms with E-state index < -0.39 is 37.2 Å². The molecule has 154 valence electrons. The first-order valence-corrected chi connectivity index (χ1v) is 9.63. The second-order valence-electron chi connectivity index (χ2n) is 7.19. The highest BCUT2D eigenvalue weighted by molar-refractivity contribution is 6.36. The van der Waals surface area contributed by atoms with Gasteiger partial charge in [0, 0.05) is 32.6 Å². The number of rotatable bonds is 6. The van der Waals surface area contributed by atoms with E-state index in [-0.39, 0.29) is 0 Å². The first-order valence-electron chi connectivity index (χ1n) is 9.25. The molecule has 0 radical (unpaired) electrons. The fourth-order valence-corrected chi connectivity index (χ4v) is 3.71. The van der Waals surface area contributed by atoms with Crippen LogP contribution in [0.1, 0.15) is 20.7 Å². The molecule has 30 heavy (non-hydrogen) atoms. The summed E-state index contributed by atoms with van der Waals surface area (Å²) < 4.78 is 0. The lowest BCUT2D eigenvalue weighted by Crippen LogP contribution is -2.49. The molecule has 0 saturated carbocycles. The summed E-state index contributed by atoms with van der Waals surface area (Å²) in [4.78, 5) is 27.5. The smallest absolute Gasteiger partial charge is 0.265 e. The first-order chi connectivity index (χ1) is 14.4. The minimum absolute atomic E-state index is 0.350. The van der Waals surface area contributed by atoms with E-state index in [2.05, 4.69) is 5.32 Å². The van der Waals surface area contributed by atoms with Crippen molar-refractivity contribution in [3.05, 3.63) is 70.7 Å². The fourth-order valence-electron chi connectivity index (χ4n) is 3.58. The average Bonchev–Trinajstić information content (AvgIpc) is 2.77. The van der Waals surface area contributed by atoms with Crippen LogP contribution in [0.5, 0.6) is 0 Å². The molecule has 4 rings (SSSR count). The number of hydrogen-bond donors (Lipinski definition) is 4. The monoisotopic (exact) mass is 426 g/mol. The van der Waals surface area contributed by atoms with E-state index in [1.165, 1.54) is 0 Å². The number of benzene rings is 3. The molecule has 0 aliphatic carbocycles. The highest BCUT2D eigenvalue weighted by atomic mass is 35.5. The molecule has 3 aromatic carbocycles. The number of aliphatic hydroxyl groups excluding tert-OH is 3. The summed E-state index contributed by atoms with van der Waals surface area (Å²) in [5.41, 5.74) is 0.247. The van der Waals surface area contributed by atoms with Crippen LogP contribution < -0.4 is 10.2 Å². The number of imide groups is 1. The summed E-state index contributed by atoms with van der Waals surface area (Å²) in [6, 6.07) is 14.7. The Morgan fingerprint density at radius 1 is 0.833 bits per heavy atom. The Bertz CT molecular complexity index is 1110. The molecule has 1 heterocycles. The van der Waals surface area contributed by atoms with Crippen molar-refractivity contribution in [1.82, 2.24) is 0 Å². The Kier molecular flexibility index (Phi) is 5.21. The molecule has 1 aliphatic heterocycles. The Morgan fingerprint density at radius 2 is 1.43 bits per heavy atom. The fraction of sp³-hybridized carbons (Fsp3) is 0.182. The average molecular weight is 427 g/mol. The largest absolute Gasteiger partial charge is 0.394 e. The predicted octanol–water partition coefficient (Wildman–Crippen LogP) is 2.42. The van der Waals surface area contributed by atoms with Crippen LogP contribution in [0.25, 0.3) is 10.8 Å². The van der Waals surface area contributed by atoms with E-state index in [0.29, 0.717) is 38.3 Å². The van der Waals surface area contributed by atoms with E-state index in [4.69, 9.17) is 11.6 Å². The van der Waals surface area contributed by atoms with Gasteiger partial charge in [-0.2, -0.15) is 0 Å². The zero-order chi connectivity index (χ0) is 21.5. The van der Waals surface area contributed by atoms with Gasteiger partial charge in [0.15, 0.2) is 0 Å². The lowest BCUT2D eigenvalue weighted by Gasteiger charge is -2.32. The second-order valence-corrected chi connectivity index (χ2v) is 7.63. The molecule has 0 unspecified atom stereocenters. The lowest BCUT2D eigenvalue weighted by atomic mass is 9.91. The van der Waals surface area contributed by atoms with Gasteiger partial charge in [0.1, 0.15) is 5.54 Å². The molecule has 0 fully saturated rings. The zero-order valence-corrected chi connectivity index (χ0v) is 16.6. The Balaban J connectivity index is 1.86. The topological polar surface area (TPSA) is 110 Å². The van der Waals surface area contributed by atoms with Gasteiger partial charge in [-0.05, 0) is 42.5 Å². The van der Waals surface area contributed by atoms with Crippen molar-refractivity contribution in [1.29, 1.82) is 0 Å². The molecule has 7 nitrogen and oxygen atoms in total. The number of nitrogens with zero attached hydrogens (tertiary/aromatic N) is 1. The van der Waals surface area contributed by atoms with Gasteiger partial charge in [-0.3, -0.25) is 9.59 Å². The molecule has 8 heteroatoms. The Hall–Kier alpha value is -2.97. The number of halogens is 1. The maximum atomic E-state index is 13.2. The van der Waals surface area contributed by atoms with Gasteiger partial charge in [-0.1, -0.05) is 23.7 Å². The Labute approximate surface area is 177 Å². The zero-order valence-electron chi connectivity index (χ0n) is 15.8. The maximum absolute atomic E-state index is 13.2. The molecule has 0 aromatic heterocycles. The molecule has 2 amide bonds. The van der Waals surface area contributed by atoms with Crippen LogP contribution in [0.2, 0.25) is 5.02 Å². The number of anilines is 2. The number of carbonyl (C=O) groups excluding carboxylic acids is 2. The number of nitrogens with one attached hydrogen (secondary N) is 1. The van der Waals surface area contributed by atoms with E-state index in [1.54, 1.807) is 54.6 Å². The van der Waals surface area contributed by atoms with Gasteiger partial charge in [0.2, 0.25) is 0 Å². The molecular formula is C22H19ClN2O5. The molecule has 0 atom stereocenters. The van der Waals surface area contributed by atoms with Gasteiger partial charge in [-0.25, -0.2) is 4.90 Å². The molecule has 0 saturated heterocycles. The molecule has 1 aliphatic rings. The van der Waals surface area contributed by atoms with Gasteiger partial charge in [0.25, 0.3) is 11.8 Å². The second kappa shape index (κ2) is 7.70. The Morgan fingerprint density at radius 3 is 2.03 bits per heavy atom. The summed E-state index contributed by atoms with van der Waals surface area (Å²) in [6.45, 7) is -1.53. The van der Waals surface area contributed by atoms with Gasteiger partial charge in [0.05, 0.1) is 25.5 Å². The van der Waals surface area contributed by atoms with Crippen molar-refractivity contribution in [3.8, 4) is 0 Å². The summed E-state index contributed by atoms with van der Waals surface area (Å²) in [6.07, 6.45) is 0. The number of amides is 2. The van der Waals surface area contributed by atoms with E-state index >= 15 is 0 Å². The van der Waals surface area contributed by atoms with Crippen molar-refractivity contribution >= 4 is 45.6 Å². The van der Waals surface area contributed by atoms with Crippen molar-refractivity contribution in [2.75, 3.05) is 30.0 Å². The van der Waals surface area contributed by atoms with Crippen LogP contribution >= 0.6 is 11.6 Å². The van der Waals surface area contributed by atoms with Crippen LogP contribution in [-0.2, 0) is 0 Å². The summed E-state index contributed by atoms with van der Waals surface area (Å²) in [5.74, 6) is -0.925. The van der Waals surface area contributed by atoms with Gasteiger partial charge in [-0.15, -0.1) is 0 Å². The van der Waals surface area contributed by atoms with Crippen LogP contribution in [0.3, 0.4) is 0 Å². The standard InChI is InChI=1S/C22H19ClN2O5/c23-13-4-6-14(7-5-13)25-20(29)16-3-1-2-15-18(24-22(10-26,11-27)12-28)9-8-17(19(15)16)21(25)30/h1-9,24,26-28H,10-12H2. The minimum Gasteiger partial charge on any atom is -0.394 e. The van der Waals surface area contributed by atoms with Crippen LogP contribution in [0.15, 0.2) is 54.6 Å². The maximum Gasteiger partial charge on any atom is 0.265 e. The SMILES string of the molecule is O=C1c2cccc3c(NC(CO)(CO)CO)ccc(c23)C(=O)N1c1ccc(Cl)cc1. The summed E-state index contributed by atoms with van der Waals surface area (Å²) in [5, 5.41) is 33.4.